The van der Waals surface area contributed by atoms with Gasteiger partial charge in [0.05, 0.1) is 24.5 Å². The van der Waals surface area contributed by atoms with Crippen molar-refractivity contribution in [3.05, 3.63) is 24.3 Å². The molecular formula is C20H29NO2S. The highest BCUT2D eigenvalue weighted by atomic mass is 32.2. The number of nitriles is 1. The molecule has 3 rings (SSSR count). The van der Waals surface area contributed by atoms with Crippen LogP contribution in [0.4, 0.5) is 0 Å². The van der Waals surface area contributed by atoms with E-state index in [1.54, 1.807) is 11.8 Å². The number of ether oxygens (including phenoxy) is 2. The number of allylic oxidation sites excluding steroid dienone is 3. The number of hydrogen-bond acceptors (Lipinski definition) is 4. The molecule has 24 heavy (non-hydrogen) atoms. The molecule has 132 valence electrons. The Hall–Kier alpha value is -0.760. The van der Waals surface area contributed by atoms with Crippen molar-refractivity contribution in [3.63, 3.8) is 0 Å². The van der Waals surface area contributed by atoms with Crippen molar-refractivity contribution in [1.82, 2.24) is 0 Å². The molecule has 3 fully saturated rings. The van der Waals surface area contributed by atoms with Gasteiger partial charge >= 0.3 is 0 Å². The summed E-state index contributed by atoms with van der Waals surface area (Å²) in [6.07, 6.45) is 17.9. The summed E-state index contributed by atoms with van der Waals surface area (Å²) in [5, 5.41) is 9.59. The van der Waals surface area contributed by atoms with Crippen LogP contribution in [0.5, 0.6) is 0 Å². The van der Waals surface area contributed by atoms with Crippen LogP contribution < -0.4 is 0 Å². The average molecular weight is 348 g/mol. The van der Waals surface area contributed by atoms with Crippen molar-refractivity contribution in [2.24, 2.45) is 23.7 Å². The Labute approximate surface area is 150 Å². The lowest BCUT2D eigenvalue weighted by atomic mass is 9.65. The Morgan fingerprint density at radius 2 is 1.67 bits per heavy atom. The molecule has 0 amide bonds. The molecule has 2 saturated carbocycles. The SMILES string of the molecule is CSC1COC(/C=C/C=C/C2CCC3CC(C#N)CCC3C2)OC1. The zero-order valence-corrected chi connectivity index (χ0v) is 15.4. The summed E-state index contributed by atoms with van der Waals surface area (Å²) in [4.78, 5) is 0. The minimum absolute atomic E-state index is 0.185. The van der Waals surface area contributed by atoms with E-state index < -0.39 is 0 Å². The van der Waals surface area contributed by atoms with Gasteiger partial charge in [-0.1, -0.05) is 18.2 Å². The lowest BCUT2D eigenvalue weighted by Gasteiger charge is -2.40. The number of hydrogen-bond donors (Lipinski definition) is 0. The maximum Gasteiger partial charge on any atom is 0.177 e. The maximum atomic E-state index is 9.12. The zero-order valence-electron chi connectivity index (χ0n) is 14.6. The Morgan fingerprint density at radius 1 is 0.958 bits per heavy atom. The van der Waals surface area contributed by atoms with E-state index in [9.17, 15) is 0 Å². The van der Waals surface area contributed by atoms with Crippen LogP contribution in [0.15, 0.2) is 24.3 Å². The van der Waals surface area contributed by atoms with Gasteiger partial charge in [0.25, 0.3) is 0 Å². The lowest BCUT2D eigenvalue weighted by molar-refractivity contribution is -0.146. The fourth-order valence-electron chi connectivity index (χ4n) is 4.34. The van der Waals surface area contributed by atoms with Gasteiger partial charge < -0.3 is 9.47 Å². The van der Waals surface area contributed by atoms with Crippen LogP contribution in [0, 0.1) is 35.0 Å². The van der Waals surface area contributed by atoms with Gasteiger partial charge in [0.1, 0.15) is 0 Å². The van der Waals surface area contributed by atoms with Gasteiger partial charge in [0.2, 0.25) is 0 Å². The quantitative estimate of drug-likeness (QED) is 0.699. The normalized spacial score (nSPS) is 40.5. The van der Waals surface area contributed by atoms with Crippen molar-refractivity contribution in [2.75, 3.05) is 19.5 Å². The minimum Gasteiger partial charge on any atom is -0.348 e. The summed E-state index contributed by atoms with van der Waals surface area (Å²) in [7, 11) is 0. The second kappa shape index (κ2) is 9.08. The molecule has 0 bridgehead atoms. The van der Waals surface area contributed by atoms with Crippen molar-refractivity contribution in [3.8, 4) is 6.07 Å². The van der Waals surface area contributed by atoms with E-state index >= 15 is 0 Å². The summed E-state index contributed by atoms with van der Waals surface area (Å²) in [5.74, 6) is 2.67. The van der Waals surface area contributed by atoms with Crippen molar-refractivity contribution in [2.45, 2.75) is 50.1 Å². The van der Waals surface area contributed by atoms with Gasteiger partial charge in [0, 0.05) is 5.92 Å². The first-order chi connectivity index (χ1) is 11.8. The fourth-order valence-corrected chi connectivity index (χ4v) is 4.77. The largest absolute Gasteiger partial charge is 0.348 e. The van der Waals surface area contributed by atoms with Crippen LogP contribution in [-0.2, 0) is 9.47 Å². The molecule has 2 aliphatic carbocycles. The van der Waals surface area contributed by atoms with E-state index in [1.165, 1.54) is 25.7 Å². The van der Waals surface area contributed by atoms with Gasteiger partial charge in [-0.2, -0.15) is 17.0 Å². The second-order valence-corrected chi connectivity index (χ2v) is 8.53. The second-order valence-electron chi connectivity index (χ2n) is 7.39. The van der Waals surface area contributed by atoms with Gasteiger partial charge in [-0.05, 0) is 68.6 Å². The predicted octanol–water partition coefficient (Wildman–Crippen LogP) is 4.56. The molecule has 0 N–H and O–H groups in total. The first-order valence-electron chi connectivity index (χ1n) is 9.29. The van der Waals surface area contributed by atoms with Crippen molar-refractivity contribution >= 4 is 11.8 Å². The predicted molar refractivity (Wildman–Crippen MR) is 98.6 cm³/mol. The molecule has 3 aliphatic rings. The van der Waals surface area contributed by atoms with Crippen LogP contribution in [0.1, 0.15) is 38.5 Å². The Bertz CT molecular complexity index is 490. The van der Waals surface area contributed by atoms with E-state index in [-0.39, 0.29) is 6.29 Å². The van der Waals surface area contributed by atoms with Crippen LogP contribution in [0.3, 0.4) is 0 Å². The third-order valence-electron chi connectivity index (χ3n) is 5.82. The highest BCUT2D eigenvalue weighted by molar-refractivity contribution is 7.99. The van der Waals surface area contributed by atoms with E-state index in [0.717, 1.165) is 37.9 Å². The molecule has 1 saturated heterocycles. The Balaban J connectivity index is 1.40. The number of rotatable bonds is 4. The smallest absolute Gasteiger partial charge is 0.177 e. The molecule has 1 heterocycles. The van der Waals surface area contributed by atoms with Crippen LogP contribution >= 0.6 is 11.8 Å². The monoisotopic (exact) mass is 347 g/mol. The van der Waals surface area contributed by atoms with E-state index in [0.29, 0.717) is 17.1 Å². The zero-order chi connectivity index (χ0) is 16.8. The van der Waals surface area contributed by atoms with Gasteiger partial charge in [-0.3, -0.25) is 0 Å². The third kappa shape index (κ3) is 4.88. The molecular weight excluding hydrogens is 318 g/mol. The first-order valence-corrected chi connectivity index (χ1v) is 10.6. The molecule has 0 aromatic heterocycles. The first kappa shape index (κ1) is 18.0. The van der Waals surface area contributed by atoms with Gasteiger partial charge in [-0.25, -0.2) is 0 Å². The molecule has 4 unspecified atom stereocenters. The third-order valence-corrected chi connectivity index (χ3v) is 6.76. The summed E-state index contributed by atoms with van der Waals surface area (Å²) in [6.45, 7) is 1.55. The van der Waals surface area contributed by atoms with Gasteiger partial charge in [-0.15, -0.1) is 0 Å². The fraction of sp³-hybridized carbons (Fsp3) is 0.750. The van der Waals surface area contributed by atoms with Crippen LogP contribution in [0.25, 0.3) is 0 Å². The summed E-state index contributed by atoms with van der Waals surface area (Å²) in [6, 6.07) is 2.48. The molecule has 0 aromatic carbocycles. The standard InChI is InChI=1S/C20H29NO2S/c1-24-19-13-22-20(23-14-19)5-3-2-4-15-6-8-18-11-16(12-21)7-9-17(18)10-15/h2-5,15-20H,6-11,13-14H2,1H3/b4-2+,5-3+. The molecule has 1 aliphatic heterocycles. The minimum atomic E-state index is -0.185. The van der Waals surface area contributed by atoms with Crippen LogP contribution in [0.2, 0.25) is 0 Å². The molecule has 0 spiro atoms. The summed E-state index contributed by atoms with van der Waals surface area (Å²) < 4.78 is 11.3. The lowest BCUT2D eigenvalue weighted by Crippen LogP contribution is -2.32. The average Bonchev–Trinajstić information content (AvgIpc) is 2.65. The molecule has 4 heteroatoms. The Kier molecular flexibility index (Phi) is 6.83. The highest BCUT2D eigenvalue weighted by Gasteiger charge is 2.34. The molecule has 3 nitrogen and oxygen atoms in total. The Morgan fingerprint density at radius 3 is 2.42 bits per heavy atom. The van der Waals surface area contributed by atoms with Crippen molar-refractivity contribution < 1.29 is 9.47 Å². The number of fused-ring (bicyclic) bond motifs is 1. The number of nitrogens with zero attached hydrogens (tertiary/aromatic N) is 1. The van der Waals surface area contributed by atoms with E-state index in [2.05, 4.69) is 30.6 Å². The number of thioether (sulfide) groups is 1. The maximum absolute atomic E-state index is 9.12. The summed E-state index contributed by atoms with van der Waals surface area (Å²) in [5.41, 5.74) is 0. The van der Waals surface area contributed by atoms with E-state index in [4.69, 9.17) is 14.7 Å². The van der Waals surface area contributed by atoms with Crippen LogP contribution in [-0.4, -0.2) is 31.0 Å². The van der Waals surface area contributed by atoms with E-state index in [1.807, 2.05) is 6.08 Å². The molecule has 4 atom stereocenters. The molecule has 0 radical (unpaired) electrons. The highest BCUT2D eigenvalue weighted by Crippen LogP contribution is 2.44. The van der Waals surface area contributed by atoms with Crippen molar-refractivity contribution in [1.29, 1.82) is 5.26 Å². The topological polar surface area (TPSA) is 42.2 Å². The molecule has 0 aromatic rings. The summed E-state index contributed by atoms with van der Waals surface area (Å²) >= 11 is 1.80. The van der Waals surface area contributed by atoms with Gasteiger partial charge in [0.15, 0.2) is 6.29 Å².